The van der Waals surface area contributed by atoms with Crippen molar-refractivity contribution >= 4 is 5.78 Å². The molecule has 0 aromatic heterocycles. The Hall–Kier alpha value is -1.29. The molecule has 0 spiro atoms. The van der Waals surface area contributed by atoms with Crippen molar-refractivity contribution in [2.24, 2.45) is 0 Å². The Morgan fingerprint density at radius 2 is 1.85 bits per heavy atom. The Bertz CT molecular complexity index is 296. The van der Waals surface area contributed by atoms with Crippen molar-refractivity contribution in [3.8, 4) is 0 Å². The van der Waals surface area contributed by atoms with E-state index in [4.69, 9.17) is 5.11 Å². The SMILES string of the molecule is O=C(CO)C(F)(F)c1ccccc1. The van der Waals surface area contributed by atoms with Gasteiger partial charge in [-0.15, -0.1) is 0 Å². The smallest absolute Gasteiger partial charge is 0.332 e. The van der Waals surface area contributed by atoms with E-state index < -0.39 is 23.9 Å². The third-order valence-electron chi connectivity index (χ3n) is 1.63. The molecular weight excluding hydrogens is 178 g/mol. The maximum absolute atomic E-state index is 13.0. The number of hydrogen-bond donors (Lipinski definition) is 1. The summed E-state index contributed by atoms with van der Waals surface area (Å²) < 4.78 is 26.1. The van der Waals surface area contributed by atoms with Gasteiger partial charge in [0.25, 0.3) is 0 Å². The zero-order chi connectivity index (χ0) is 9.90. The molecule has 1 aromatic carbocycles. The van der Waals surface area contributed by atoms with Crippen LogP contribution in [0.4, 0.5) is 8.78 Å². The Morgan fingerprint density at radius 3 is 2.31 bits per heavy atom. The highest BCUT2D eigenvalue weighted by Gasteiger charge is 2.39. The predicted molar refractivity (Wildman–Crippen MR) is 42.4 cm³/mol. The fraction of sp³-hybridized carbons (Fsp3) is 0.222. The monoisotopic (exact) mass is 186 g/mol. The average molecular weight is 186 g/mol. The van der Waals surface area contributed by atoms with Gasteiger partial charge in [-0.25, -0.2) is 0 Å². The van der Waals surface area contributed by atoms with Gasteiger partial charge in [-0.05, 0) is 0 Å². The summed E-state index contributed by atoms with van der Waals surface area (Å²) in [6, 6.07) is 6.69. The number of halogens is 2. The number of ketones is 1. The van der Waals surface area contributed by atoms with Crippen molar-refractivity contribution in [2.45, 2.75) is 5.92 Å². The molecular formula is C9H8F2O2. The molecule has 0 radical (unpaired) electrons. The molecule has 1 rings (SSSR count). The number of aliphatic hydroxyl groups excluding tert-OH is 1. The molecule has 4 heteroatoms. The second-order valence-corrected chi connectivity index (χ2v) is 2.52. The number of alkyl halides is 2. The molecule has 0 bridgehead atoms. The minimum atomic E-state index is -3.59. The molecule has 0 amide bonds. The summed E-state index contributed by atoms with van der Waals surface area (Å²) in [5.74, 6) is -5.07. The molecule has 0 atom stereocenters. The lowest BCUT2D eigenvalue weighted by atomic mass is 10.1. The number of rotatable bonds is 3. The van der Waals surface area contributed by atoms with E-state index in [1.165, 1.54) is 12.1 Å². The van der Waals surface area contributed by atoms with Crippen LogP contribution < -0.4 is 0 Å². The molecule has 1 aromatic rings. The Balaban J connectivity index is 3.00. The number of aliphatic hydroxyl groups is 1. The van der Waals surface area contributed by atoms with Gasteiger partial charge in [0.1, 0.15) is 6.61 Å². The largest absolute Gasteiger partial charge is 0.388 e. The van der Waals surface area contributed by atoms with Gasteiger partial charge in [0, 0.05) is 5.56 Å². The molecule has 0 heterocycles. The van der Waals surface area contributed by atoms with Crippen molar-refractivity contribution in [1.82, 2.24) is 0 Å². The van der Waals surface area contributed by atoms with E-state index in [1.807, 2.05) is 0 Å². The second kappa shape index (κ2) is 3.62. The fourth-order valence-electron chi connectivity index (χ4n) is 0.908. The van der Waals surface area contributed by atoms with Crippen LogP contribution in [0.5, 0.6) is 0 Å². The van der Waals surface area contributed by atoms with Crippen molar-refractivity contribution in [3.63, 3.8) is 0 Å². The standard InChI is InChI=1S/C9H8F2O2/c10-9(11,8(13)6-12)7-4-2-1-3-5-7/h1-5,12H,6H2. The van der Waals surface area contributed by atoms with Crippen molar-refractivity contribution in [3.05, 3.63) is 35.9 Å². The number of Topliss-reactive ketones (excluding diaryl/α,β-unsaturated/α-hetero) is 1. The van der Waals surface area contributed by atoms with E-state index in [0.29, 0.717) is 0 Å². The van der Waals surface area contributed by atoms with E-state index in [-0.39, 0.29) is 0 Å². The third-order valence-corrected chi connectivity index (χ3v) is 1.63. The highest BCUT2D eigenvalue weighted by Crippen LogP contribution is 2.28. The maximum atomic E-state index is 13.0. The van der Waals surface area contributed by atoms with Gasteiger partial charge < -0.3 is 5.11 Å². The number of hydrogen-bond acceptors (Lipinski definition) is 2. The molecule has 70 valence electrons. The fourth-order valence-corrected chi connectivity index (χ4v) is 0.908. The Kier molecular flexibility index (Phi) is 2.72. The molecule has 2 nitrogen and oxygen atoms in total. The first-order chi connectivity index (χ1) is 6.09. The van der Waals surface area contributed by atoms with E-state index >= 15 is 0 Å². The van der Waals surface area contributed by atoms with Gasteiger partial charge in [0.15, 0.2) is 0 Å². The van der Waals surface area contributed by atoms with Crippen molar-refractivity contribution in [1.29, 1.82) is 0 Å². The Morgan fingerprint density at radius 1 is 1.31 bits per heavy atom. The quantitative estimate of drug-likeness (QED) is 0.773. The first kappa shape index (κ1) is 9.80. The zero-order valence-corrected chi connectivity index (χ0v) is 6.71. The molecule has 0 aliphatic rings. The first-order valence-corrected chi connectivity index (χ1v) is 3.66. The lowest BCUT2D eigenvalue weighted by Gasteiger charge is -2.13. The van der Waals surface area contributed by atoms with Crippen molar-refractivity contribution in [2.75, 3.05) is 6.61 Å². The summed E-state index contributed by atoms with van der Waals surface area (Å²) in [6.45, 7) is -1.15. The average Bonchev–Trinajstić information content (AvgIpc) is 2.18. The summed E-state index contributed by atoms with van der Waals surface area (Å²) in [5, 5.41) is 8.30. The predicted octanol–water partition coefficient (Wildman–Crippen LogP) is 1.34. The van der Waals surface area contributed by atoms with Crippen molar-refractivity contribution < 1.29 is 18.7 Å². The van der Waals surface area contributed by atoms with Crippen LogP contribution in [-0.2, 0) is 10.7 Å². The molecule has 13 heavy (non-hydrogen) atoms. The maximum Gasteiger partial charge on any atom is 0.332 e. The van der Waals surface area contributed by atoms with Crippen LogP contribution in [0.2, 0.25) is 0 Å². The van der Waals surface area contributed by atoms with Crippen LogP contribution in [0.1, 0.15) is 5.56 Å². The van der Waals surface area contributed by atoms with E-state index in [2.05, 4.69) is 0 Å². The zero-order valence-electron chi connectivity index (χ0n) is 6.71. The van der Waals surface area contributed by atoms with Crippen LogP contribution >= 0.6 is 0 Å². The molecule has 0 aliphatic carbocycles. The summed E-state index contributed by atoms with van der Waals surface area (Å²) in [4.78, 5) is 10.6. The first-order valence-electron chi connectivity index (χ1n) is 3.66. The normalized spacial score (nSPS) is 11.3. The van der Waals surface area contributed by atoms with E-state index in [9.17, 15) is 13.6 Å². The summed E-state index contributed by atoms with van der Waals surface area (Å²) in [5.41, 5.74) is -0.394. The molecule has 0 fully saturated rings. The second-order valence-electron chi connectivity index (χ2n) is 2.52. The number of carbonyl (C=O) groups is 1. The highest BCUT2D eigenvalue weighted by molar-refractivity contribution is 5.87. The lowest BCUT2D eigenvalue weighted by molar-refractivity contribution is -0.147. The molecule has 0 unspecified atom stereocenters. The minimum absolute atomic E-state index is 0.394. The van der Waals surface area contributed by atoms with Gasteiger partial charge in [-0.1, -0.05) is 30.3 Å². The molecule has 1 N–H and O–H groups in total. The van der Waals surface area contributed by atoms with Gasteiger partial charge >= 0.3 is 5.92 Å². The van der Waals surface area contributed by atoms with E-state index in [1.54, 1.807) is 6.07 Å². The molecule has 0 aliphatic heterocycles. The van der Waals surface area contributed by atoms with E-state index in [0.717, 1.165) is 12.1 Å². The molecule has 0 saturated carbocycles. The van der Waals surface area contributed by atoms with Crippen LogP contribution in [0.3, 0.4) is 0 Å². The van der Waals surface area contributed by atoms with Gasteiger partial charge in [-0.2, -0.15) is 8.78 Å². The number of benzene rings is 1. The number of carbonyl (C=O) groups excluding carboxylic acids is 1. The summed E-state index contributed by atoms with van der Waals surface area (Å²) >= 11 is 0. The third kappa shape index (κ3) is 1.89. The Labute approximate surface area is 73.8 Å². The van der Waals surface area contributed by atoms with Gasteiger partial charge in [-0.3, -0.25) is 4.79 Å². The van der Waals surface area contributed by atoms with Crippen LogP contribution in [0.25, 0.3) is 0 Å². The lowest BCUT2D eigenvalue weighted by Crippen LogP contribution is -2.28. The van der Waals surface area contributed by atoms with Crippen LogP contribution in [-0.4, -0.2) is 17.5 Å². The van der Waals surface area contributed by atoms with Gasteiger partial charge in [0.05, 0.1) is 0 Å². The van der Waals surface area contributed by atoms with Crippen LogP contribution in [0.15, 0.2) is 30.3 Å². The molecule has 0 saturated heterocycles. The minimum Gasteiger partial charge on any atom is -0.388 e. The topological polar surface area (TPSA) is 37.3 Å². The highest BCUT2D eigenvalue weighted by atomic mass is 19.3. The summed E-state index contributed by atoms with van der Waals surface area (Å²) in [7, 11) is 0. The van der Waals surface area contributed by atoms with Gasteiger partial charge in [0.2, 0.25) is 5.78 Å². The summed E-state index contributed by atoms with van der Waals surface area (Å²) in [6.07, 6.45) is 0. The van der Waals surface area contributed by atoms with Crippen LogP contribution in [0, 0.1) is 0 Å².